The van der Waals surface area contributed by atoms with Gasteiger partial charge in [0.25, 0.3) is 0 Å². The van der Waals surface area contributed by atoms with Gasteiger partial charge < -0.3 is 9.84 Å². The SMILES string of the molecule is CCCN(C[C@@H](O)Cn1cncn1)[C@@H]1Cc2cccc(OC)c2C[C@H]1C. The van der Waals surface area contributed by atoms with Gasteiger partial charge in [0.05, 0.1) is 19.8 Å². The smallest absolute Gasteiger partial charge is 0.137 e. The summed E-state index contributed by atoms with van der Waals surface area (Å²) in [6.45, 7) is 6.63. The summed E-state index contributed by atoms with van der Waals surface area (Å²) in [5, 5.41) is 14.7. The predicted molar refractivity (Wildman–Crippen MR) is 101 cm³/mol. The molecule has 1 aliphatic carbocycles. The van der Waals surface area contributed by atoms with Gasteiger partial charge in [0.15, 0.2) is 0 Å². The first-order chi connectivity index (χ1) is 12.6. The molecule has 0 radical (unpaired) electrons. The van der Waals surface area contributed by atoms with Crippen LogP contribution >= 0.6 is 0 Å². The normalized spacial score (nSPS) is 20.8. The van der Waals surface area contributed by atoms with Gasteiger partial charge in [0.2, 0.25) is 0 Å². The highest BCUT2D eigenvalue weighted by Gasteiger charge is 2.32. The molecule has 1 aromatic heterocycles. The second kappa shape index (κ2) is 8.64. The number of aliphatic hydroxyl groups excluding tert-OH is 1. The summed E-state index contributed by atoms with van der Waals surface area (Å²) in [5.41, 5.74) is 2.72. The minimum atomic E-state index is -0.456. The van der Waals surface area contributed by atoms with E-state index in [4.69, 9.17) is 4.74 Å². The molecule has 0 unspecified atom stereocenters. The van der Waals surface area contributed by atoms with Crippen molar-refractivity contribution in [2.24, 2.45) is 5.92 Å². The van der Waals surface area contributed by atoms with Crippen molar-refractivity contribution in [2.45, 2.75) is 51.8 Å². The van der Waals surface area contributed by atoms with Crippen LogP contribution in [0.25, 0.3) is 0 Å². The number of fused-ring (bicyclic) bond motifs is 1. The molecule has 3 rings (SSSR count). The number of aromatic nitrogens is 3. The Hall–Kier alpha value is -1.92. The first kappa shape index (κ1) is 18.9. The minimum absolute atomic E-state index is 0.431. The molecule has 26 heavy (non-hydrogen) atoms. The lowest BCUT2D eigenvalue weighted by molar-refractivity contribution is 0.0540. The topological polar surface area (TPSA) is 63.4 Å². The third-order valence-corrected chi connectivity index (χ3v) is 5.35. The van der Waals surface area contributed by atoms with Crippen LogP contribution in [0.15, 0.2) is 30.9 Å². The van der Waals surface area contributed by atoms with Crippen LogP contribution in [0.2, 0.25) is 0 Å². The highest BCUT2D eigenvalue weighted by atomic mass is 16.5. The molecule has 1 aliphatic rings. The molecule has 6 heteroatoms. The van der Waals surface area contributed by atoms with E-state index >= 15 is 0 Å². The Balaban J connectivity index is 1.72. The van der Waals surface area contributed by atoms with E-state index in [9.17, 15) is 5.11 Å². The van der Waals surface area contributed by atoms with Crippen molar-refractivity contribution in [2.75, 3.05) is 20.2 Å². The Morgan fingerprint density at radius 1 is 1.38 bits per heavy atom. The van der Waals surface area contributed by atoms with Crippen molar-refractivity contribution in [3.63, 3.8) is 0 Å². The molecule has 1 heterocycles. The van der Waals surface area contributed by atoms with Crippen LogP contribution in [-0.4, -0.2) is 57.1 Å². The van der Waals surface area contributed by atoms with Crippen LogP contribution < -0.4 is 4.74 Å². The average Bonchev–Trinajstić information content (AvgIpc) is 3.13. The largest absolute Gasteiger partial charge is 0.496 e. The minimum Gasteiger partial charge on any atom is -0.496 e. The molecule has 0 saturated carbocycles. The molecule has 1 aromatic carbocycles. The molecule has 2 aromatic rings. The molecule has 0 aliphatic heterocycles. The second-order valence-corrected chi connectivity index (χ2v) is 7.32. The van der Waals surface area contributed by atoms with Gasteiger partial charge in [-0.05, 0) is 48.9 Å². The number of aliphatic hydroxyl groups is 1. The maximum absolute atomic E-state index is 10.6. The summed E-state index contributed by atoms with van der Waals surface area (Å²) in [5.74, 6) is 1.52. The van der Waals surface area contributed by atoms with Crippen LogP contribution in [0.5, 0.6) is 5.75 Å². The summed E-state index contributed by atoms with van der Waals surface area (Å²) < 4.78 is 7.25. The van der Waals surface area contributed by atoms with Crippen LogP contribution in [0.3, 0.4) is 0 Å². The Morgan fingerprint density at radius 3 is 2.92 bits per heavy atom. The van der Waals surface area contributed by atoms with Crippen molar-refractivity contribution >= 4 is 0 Å². The average molecular weight is 358 g/mol. The van der Waals surface area contributed by atoms with Crippen molar-refractivity contribution in [1.29, 1.82) is 0 Å². The molecular weight excluding hydrogens is 328 g/mol. The molecule has 142 valence electrons. The van der Waals surface area contributed by atoms with Crippen LogP contribution in [0.4, 0.5) is 0 Å². The lowest BCUT2D eigenvalue weighted by atomic mass is 9.79. The molecular formula is C20H30N4O2. The summed E-state index contributed by atoms with van der Waals surface area (Å²) in [4.78, 5) is 6.40. The lowest BCUT2D eigenvalue weighted by Crippen LogP contribution is -2.48. The van der Waals surface area contributed by atoms with Gasteiger partial charge >= 0.3 is 0 Å². The summed E-state index contributed by atoms with van der Waals surface area (Å²) in [6, 6.07) is 6.78. The molecule has 1 N–H and O–H groups in total. The zero-order valence-corrected chi connectivity index (χ0v) is 16.0. The van der Waals surface area contributed by atoms with Gasteiger partial charge in [-0.2, -0.15) is 5.10 Å². The monoisotopic (exact) mass is 358 g/mol. The summed E-state index contributed by atoms with van der Waals surface area (Å²) >= 11 is 0. The maximum Gasteiger partial charge on any atom is 0.137 e. The van der Waals surface area contributed by atoms with E-state index in [0.29, 0.717) is 25.0 Å². The Bertz CT molecular complexity index is 689. The first-order valence-corrected chi connectivity index (χ1v) is 9.51. The van der Waals surface area contributed by atoms with E-state index in [2.05, 4.69) is 47.0 Å². The Labute approximate surface area is 155 Å². The van der Waals surface area contributed by atoms with Gasteiger partial charge in [0.1, 0.15) is 18.4 Å². The fourth-order valence-electron chi connectivity index (χ4n) is 4.15. The van der Waals surface area contributed by atoms with Crippen molar-refractivity contribution in [3.05, 3.63) is 42.0 Å². The fraction of sp³-hybridized carbons (Fsp3) is 0.600. The molecule has 0 fully saturated rings. The van der Waals surface area contributed by atoms with E-state index < -0.39 is 6.10 Å². The predicted octanol–water partition coefficient (Wildman–Crippen LogP) is 2.16. The molecule has 3 atom stereocenters. The van der Waals surface area contributed by atoms with E-state index in [-0.39, 0.29) is 0 Å². The number of nitrogens with zero attached hydrogens (tertiary/aromatic N) is 4. The van der Waals surface area contributed by atoms with Gasteiger partial charge in [-0.25, -0.2) is 4.98 Å². The lowest BCUT2D eigenvalue weighted by Gasteiger charge is -2.40. The third kappa shape index (κ3) is 4.24. The van der Waals surface area contributed by atoms with Gasteiger partial charge in [-0.1, -0.05) is 26.0 Å². The van der Waals surface area contributed by atoms with E-state index in [1.807, 2.05) is 0 Å². The third-order valence-electron chi connectivity index (χ3n) is 5.35. The molecule has 6 nitrogen and oxygen atoms in total. The van der Waals surface area contributed by atoms with Crippen molar-refractivity contribution < 1.29 is 9.84 Å². The standard InChI is InChI=1S/C20H30N4O2/c1-4-8-23(11-17(25)12-24-14-21-13-22-24)19-10-16-6-5-7-20(26-3)18(16)9-15(19)2/h5-7,13-15,17,19,25H,4,8-12H2,1-3H3/t15-,17-,19-/m1/s1. The number of hydrogen-bond donors (Lipinski definition) is 1. The number of hydrogen-bond acceptors (Lipinski definition) is 5. The van der Waals surface area contributed by atoms with E-state index in [1.54, 1.807) is 18.1 Å². The van der Waals surface area contributed by atoms with Crippen LogP contribution in [0, 0.1) is 5.92 Å². The molecule has 0 bridgehead atoms. The number of rotatable bonds is 8. The zero-order chi connectivity index (χ0) is 18.5. The van der Waals surface area contributed by atoms with Gasteiger partial charge in [0, 0.05) is 12.6 Å². The fourth-order valence-corrected chi connectivity index (χ4v) is 4.15. The van der Waals surface area contributed by atoms with Crippen LogP contribution in [0.1, 0.15) is 31.4 Å². The highest BCUT2D eigenvalue weighted by Crippen LogP contribution is 2.34. The number of benzene rings is 1. The van der Waals surface area contributed by atoms with E-state index in [0.717, 1.165) is 31.6 Å². The second-order valence-electron chi connectivity index (χ2n) is 7.32. The van der Waals surface area contributed by atoms with Crippen LogP contribution in [-0.2, 0) is 19.4 Å². The van der Waals surface area contributed by atoms with Gasteiger partial charge in [-0.3, -0.25) is 9.58 Å². The summed E-state index contributed by atoms with van der Waals surface area (Å²) in [6.07, 6.45) is 5.79. The number of methoxy groups -OCH3 is 1. The molecule has 0 amide bonds. The highest BCUT2D eigenvalue weighted by molar-refractivity contribution is 5.42. The first-order valence-electron chi connectivity index (χ1n) is 9.51. The van der Waals surface area contributed by atoms with E-state index in [1.165, 1.54) is 17.5 Å². The Kier molecular flexibility index (Phi) is 6.27. The molecule has 0 spiro atoms. The number of ether oxygens (including phenoxy) is 1. The summed E-state index contributed by atoms with van der Waals surface area (Å²) in [7, 11) is 1.75. The zero-order valence-electron chi connectivity index (χ0n) is 16.0. The van der Waals surface area contributed by atoms with Crippen molar-refractivity contribution in [3.8, 4) is 5.75 Å². The molecule has 0 saturated heterocycles. The Morgan fingerprint density at radius 2 is 2.23 bits per heavy atom. The van der Waals surface area contributed by atoms with Crippen molar-refractivity contribution in [1.82, 2.24) is 19.7 Å². The van der Waals surface area contributed by atoms with Gasteiger partial charge in [-0.15, -0.1) is 0 Å². The maximum atomic E-state index is 10.6. The quantitative estimate of drug-likeness (QED) is 0.783.